The number of hydrogen-bond acceptors (Lipinski definition) is 2. The van der Waals surface area contributed by atoms with Gasteiger partial charge >= 0.3 is 0 Å². The summed E-state index contributed by atoms with van der Waals surface area (Å²) in [4.78, 5) is 0. The molecule has 4 aromatic rings. The van der Waals surface area contributed by atoms with Crippen molar-refractivity contribution in [1.82, 2.24) is 0 Å². The Morgan fingerprint density at radius 3 is 1.36 bits per heavy atom. The van der Waals surface area contributed by atoms with Crippen LogP contribution in [0.2, 0.25) is 0 Å². The molecule has 158 valence electrons. The first-order valence-corrected chi connectivity index (χ1v) is 11.0. The number of benzene rings is 4. The Kier molecular flexibility index (Phi) is 6.79. The van der Waals surface area contributed by atoms with E-state index in [-0.39, 0.29) is 11.3 Å². The second kappa shape index (κ2) is 10.3. The van der Waals surface area contributed by atoms with Crippen molar-refractivity contribution in [3.63, 3.8) is 0 Å². The standard InChI is InChI=1S/C16H13N.C15H11N/c17-12-15-11-16(15,13-7-3-1-4-8-13)14-9-5-2-6-10-14;16-12-11-15(13-7-3-1-4-8-13)14-9-5-2-6-10-14/h1-10,15H,11H2;1-11H. The highest BCUT2D eigenvalue weighted by Gasteiger charge is 2.56. The second-order valence-electron chi connectivity index (χ2n) is 8.01. The average molecular weight is 425 g/mol. The van der Waals surface area contributed by atoms with Gasteiger partial charge in [0.1, 0.15) is 0 Å². The third kappa shape index (κ3) is 4.77. The highest BCUT2D eigenvalue weighted by molar-refractivity contribution is 5.81. The van der Waals surface area contributed by atoms with Crippen LogP contribution in [-0.4, -0.2) is 0 Å². The van der Waals surface area contributed by atoms with Gasteiger partial charge in [-0.15, -0.1) is 0 Å². The fraction of sp³-hybridized carbons (Fsp3) is 0.0968. The van der Waals surface area contributed by atoms with E-state index in [1.165, 1.54) is 11.1 Å². The number of nitriles is 2. The number of nitrogens with zero attached hydrogens (tertiary/aromatic N) is 2. The van der Waals surface area contributed by atoms with Crippen molar-refractivity contribution in [3.05, 3.63) is 150 Å². The summed E-state index contributed by atoms with van der Waals surface area (Å²) in [6.45, 7) is 0. The van der Waals surface area contributed by atoms with E-state index in [0.29, 0.717) is 0 Å². The van der Waals surface area contributed by atoms with Gasteiger partial charge in [0.15, 0.2) is 0 Å². The lowest BCUT2D eigenvalue weighted by atomic mass is 9.86. The van der Waals surface area contributed by atoms with Gasteiger partial charge in [0.2, 0.25) is 0 Å². The molecule has 1 fully saturated rings. The summed E-state index contributed by atoms with van der Waals surface area (Å²) in [6.07, 6.45) is 2.53. The van der Waals surface area contributed by atoms with Gasteiger partial charge < -0.3 is 0 Å². The molecule has 0 spiro atoms. The molecule has 5 rings (SSSR count). The molecule has 1 aliphatic rings. The summed E-state index contributed by atoms with van der Waals surface area (Å²) in [6, 6.07) is 45.2. The summed E-state index contributed by atoms with van der Waals surface area (Å²) < 4.78 is 0. The molecule has 0 aliphatic heterocycles. The molecule has 0 saturated heterocycles. The molecule has 2 heteroatoms. The zero-order valence-electron chi connectivity index (χ0n) is 18.3. The fourth-order valence-corrected chi connectivity index (χ4v) is 4.33. The van der Waals surface area contributed by atoms with Gasteiger partial charge in [-0.05, 0) is 34.2 Å². The third-order valence-corrected chi connectivity index (χ3v) is 6.07. The van der Waals surface area contributed by atoms with Gasteiger partial charge in [0.05, 0.1) is 18.1 Å². The average Bonchev–Trinajstić information content (AvgIpc) is 3.66. The van der Waals surface area contributed by atoms with Crippen molar-refractivity contribution in [2.45, 2.75) is 11.8 Å². The molecule has 1 saturated carbocycles. The zero-order valence-corrected chi connectivity index (χ0v) is 18.3. The molecule has 0 aromatic heterocycles. The Morgan fingerprint density at radius 1 is 0.636 bits per heavy atom. The Labute approximate surface area is 195 Å². The van der Waals surface area contributed by atoms with Crippen molar-refractivity contribution in [2.24, 2.45) is 5.92 Å². The van der Waals surface area contributed by atoms with Crippen LogP contribution < -0.4 is 0 Å². The maximum Gasteiger partial charge on any atom is 0.0918 e. The Hall–Kier alpha value is -4.40. The van der Waals surface area contributed by atoms with E-state index >= 15 is 0 Å². The topological polar surface area (TPSA) is 47.6 Å². The Morgan fingerprint density at radius 2 is 1.03 bits per heavy atom. The highest BCUT2D eigenvalue weighted by Crippen LogP contribution is 2.58. The molecule has 0 radical (unpaired) electrons. The second-order valence-corrected chi connectivity index (χ2v) is 8.01. The van der Waals surface area contributed by atoms with Crippen LogP contribution in [0.15, 0.2) is 127 Å². The molecule has 0 heterocycles. The van der Waals surface area contributed by atoms with E-state index in [1.54, 1.807) is 6.08 Å². The van der Waals surface area contributed by atoms with Crippen LogP contribution >= 0.6 is 0 Å². The largest absolute Gasteiger partial charge is 0.198 e. The van der Waals surface area contributed by atoms with Crippen LogP contribution in [0.25, 0.3) is 5.57 Å². The monoisotopic (exact) mass is 424 g/mol. The van der Waals surface area contributed by atoms with Crippen LogP contribution in [0.3, 0.4) is 0 Å². The van der Waals surface area contributed by atoms with Gasteiger partial charge in [0, 0.05) is 11.5 Å². The fourth-order valence-electron chi connectivity index (χ4n) is 4.33. The van der Waals surface area contributed by atoms with E-state index in [4.69, 9.17) is 5.26 Å². The number of hydrogen-bond donors (Lipinski definition) is 0. The zero-order chi connectivity index (χ0) is 22.9. The van der Waals surface area contributed by atoms with Gasteiger partial charge in [-0.25, -0.2) is 0 Å². The number of allylic oxidation sites excluding steroid dienone is 1. The van der Waals surface area contributed by atoms with E-state index < -0.39 is 0 Å². The molecule has 0 bridgehead atoms. The first-order valence-electron chi connectivity index (χ1n) is 11.0. The molecule has 1 atom stereocenters. The van der Waals surface area contributed by atoms with E-state index in [0.717, 1.165) is 23.1 Å². The smallest absolute Gasteiger partial charge is 0.0918 e. The first kappa shape index (κ1) is 21.8. The van der Waals surface area contributed by atoms with Crippen LogP contribution in [-0.2, 0) is 5.41 Å². The molecule has 0 N–H and O–H groups in total. The normalized spacial score (nSPS) is 15.0. The Bertz CT molecular complexity index is 1200. The van der Waals surface area contributed by atoms with Crippen LogP contribution in [0, 0.1) is 28.6 Å². The summed E-state index contributed by atoms with van der Waals surface area (Å²) in [5.41, 5.74) is 5.56. The van der Waals surface area contributed by atoms with Crippen molar-refractivity contribution >= 4 is 5.57 Å². The van der Waals surface area contributed by atoms with Crippen molar-refractivity contribution < 1.29 is 0 Å². The molecular formula is C31H24N2. The SMILES string of the molecule is N#CC1CC1(c1ccccc1)c1ccccc1.N#CC=C(c1ccccc1)c1ccccc1. The molecule has 33 heavy (non-hydrogen) atoms. The maximum absolute atomic E-state index is 9.21. The lowest BCUT2D eigenvalue weighted by Gasteiger charge is -2.16. The summed E-state index contributed by atoms with van der Waals surface area (Å²) in [7, 11) is 0. The molecular weight excluding hydrogens is 400 g/mol. The summed E-state index contributed by atoms with van der Waals surface area (Å²) in [5.74, 6) is 0.118. The third-order valence-electron chi connectivity index (χ3n) is 6.07. The van der Waals surface area contributed by atoms with Gasteiger partial charge in [-0.1, -0.05) is 121 Å². The van der Waals surface area contributed by atoms with Crippen LogP contribution in [0.1, 0.15) is 28.7 Å². The van der Waals surface area contributed by atoms with Crippen LogP contribution in [0.5, 0.6) is 0 Å². The quantitative estimate of drug-likeness (QED) is 0.326. The van der Waals surface area contributed by atoms with Crippen molar-refractivity contribution in [1.29, 1.82) is 10.5 Å². The number of rotatable bonds is 4. The molecule has 1 aliphatic carbocycles. The summed E-state index contributed by atoms with van der Waals surface area (Å²) >= 11 is 0. The van der Waals surface area contributed by atoms with Gasteiger partial charge in [0.25, 0.3) is 0 Å². The van der Waals surface area contributed by atoms with E-state index in [2.05, 4.69) is 36.4 Å². The minimum atomic E-state index is -0.0583. The molecule has 4 aromatic carbocycles. The van der Waals surface area contributed by atoms with E-state index in [1.807, 2.05) is 97.1 Å². The van der Waals surface area contributed by atoms with Crippen molar-refractivity contribution in [2.75, 3.05) is 0 Å². The van der Waals surface area contributed by atoms with Gasteiger partial charge in [-0.2, -0.15) is 10.5 Å². The predicted octanol–water partition coefficient (Wildman–Crippen LogP) is 7.16. The van der Waals surface area contributed by atoms with Gasteiger partial charge in [-0.3, -0.25) is 0 Å². The lowest BCUT2D eigenvalue weighted by molar-refractivity contribution is 0.796. The first-order chi connectivity index (χ1) is 16.3. The predicted molar refractivity (Wildman–Crippen MR) is 133 cm³/mol. The molecule has 2 nitrogen and oxygen atoms in total. The summed E-state index contributed by atoms with van der Waals surface area (Å²) in [5, 5.41) is 18.0. The van der Waals surface area contributed by atoms with Crippen molar-refractivity contribution in [3.8, 4) is 12.1 Å². The molecule has 1 unspecified atom stereocenters. The highest BCUT2D eigenvalue weighted by atomic mass is 14.6. The minimum absolute atomic E-state index is 0.0583. The lowest BCUT2D eigenvalue weighted by Crippen LogP contribution is -2.11. The maximum atomic E-state index is 9.21. The Balaban J connectivity index is 0.000000157. The minimum Gasteiger partial charge on any atom is -0.198 e. The van der Waals surface area contributed by atoms with Crippen LogP contribution in [0.4, 0.5) is 0 Å². The molecule has 0 amide bonds. The van der Waals surface area contributed by atoms with E-state index in [9.17, 15) is 5.26 Å².